The number of hydrogen-bond donors (Lipinski definition) is 2. The third kappa shape index (κ3) is 5.08. The molecule has 3 aliphatic rings. The molecule has 0 aromatic carbocycles. The van der Waals surface area contributed by atoms with E-state index < -0.39 is 5.60 Å². The molecule has 23 heavy (non-hydrogen) atoms. The van der Waals surface area contributed by atoms with Crippen LogP contribution in [0.15, 0.2) is 0 Å². The summed E-state index contributed by atoms with van der Waals surface area (Å²) in [6.07, 6.45) is 8.31. The first-order valence-electron chi connectivity index (χ1n) is 9.28. The Labute approximate surface area is 139 Å². The van der Waals surface area contributed by atoms with Crippen molar-refractivity contribution in [1.82, 2.24) is 10.6 Å². The van der Waals surface area contributed by atoms with E-state index in [0.717, 1.165) is 38.2 Å². The first-order chi connectivity index (χ1) is 10.9. The topological polar surface area (TPSA) is 59.6 Å². The summed E-state index contributed by atoms with van der Waals surface area (Å²) in [5.41, 5.74) is -0.435. The van der Waals surface area contributed by atoms with Crippen LogP contribution in [0.25, 0.3) is 0 Å². The predicted molar refractivity (Wildman–Crippen MR) is 89.4 cm³/mol. The molecule has 5 heteroatoms. The van der Waals surface area contributed by atoms with Crippen LogP contribution in [0.5, 0.6) is 0 Å². The number of ether oxygens (including phenoxy) is 2. The zero-order chi connectivity index (χ0) is 16.4. The minimum absolute atomic E-state index is 0.220. The number of nitrogens with one attached hydrogen (secondary N) is 2. The molecule has 1 aliphatic heterocycles. The summed E-state index contributed by atoms with van der Waals surface area (Å²) in [6.45, 7) is 6.59. The summed E-state index contributed by atoms with van der Waals surface area (Å²) in [7, 11) is 0. The van der Waals surface area contributed by atoms with Gasteiger partial charge in [0.25, 0.3) is 0 Å². The average molecular weight is 324 g/mol. The van der Waals surface area contributed by atoms with Gasteiger partial charge in [-0.1, -0.05) is 0 Å². The van der Waals surface area contributed by atoms with Gasteiger partial charge in [-0.3, -0.25) is 0 Å². The maximum atomic E-state index is 12.0. The molecule has 2 saturated carbocycles. The van der Waals surface area contributed by atoms with Crippen molar-refractivity contribution in [3.8, 4) is 0 Å². The smallest absolute Gasteiger partial charge is 0.407 e. The Morgan fingerprint density at radius 1 is 1.09 bits per heavy atom. The summed E-state index contributed by atoms with van der Waals surface area (Å²) >= 11 is 0. The van der Waals surface area contributed by atoms with Gasteiger partial charge in [-0.25, -0.2) is 4.79 Å². The van der Waals surface area contributed by atoms with Crippen molar-refractivity contribution >= 4 is 6.09 Å². The van der Waals surface area contributed by atoms with E-state index in [4.69, 9.17) is 9.47 Å². The number of alkyl carbamates (subject to hydrolysis) is 1. The molecule has 1 amide bonds. The van der Waals surface area contributed by atoms with E-state index >= 15 is 0 Å². The molecule has 0 aromatic rings. The molecule has 132 valence electrons. The molecule has 3 fully saturated rings. The maximum absolute atomic E-state index is 12.0. The van der Waals surface area contributed by atoms with Gasteiger partial charge in [0.2, 0.25) is 0 Å². The fourth-order valence-corrected chi connectivity index (χ4v) is 3.93. The Balaban J connectivity index is 1.45. The molecule has 4 atom stereocenters. The summed E-state index contributed by atoms with van der Waals surface area (Å²) in [5.74, 6) is 0.786. The molecular weight excluding hydrogens is 292 g/mol. The van der Waals surface area contributed by atoms with Gasteiger partial charge in [0.05, 0.1) is 6.10 Å². The lowest BCUT2D eigenvalue weighted by Gasteiger charge is -2.33. The molecule has 1 heterocycles. The average Bonchev–Trinajstić information content (AvgIpc) is 3.18. The fourth-order valence-electron chi connectivity index (χ4n) is 3.93. The Morgan fingerprint density at radius 3 is 2.52 bits per heavy atom. The number of rotatable bonds is 4. The highest BCUT2D eigenvalue weighted by Gasteiger charge is 2.41. The quantitative estimate of drug-likeness (QED) is 0.834. The Hall–Kier alpha value is -0.810. The number of amides is 1. The van der Waals surface area contributed by atoms with Crippen LogP contribution in [0.2, 0.25) is 0 Å². The molecule has 2 N–H and O–H groups in total. The van der Waals surface area contributed by atoms with Crippen LogP contribution in [0.1, 0.15) is 65.7 Å². The van der Waals surface area contributed by atoms with Crippen LogP contribution in [0.4, 0.5) is 4.79 Å². The van der Waals surface area contributed by atoms with Crippen molar-refractivity contribution in [3.05, 3.63) is 0 Å². The third-order valence-corrected chi connectivity index (χ3v) is 5.07. The standard InChI is InChI=1S/C18H32N2O3/c1-18(2,3)23-17(21)20-14-6-4-5-13(11-14)19-15-9-10-22-16(15)12-7-8-12/h12-16,19H,4-11H2,1-3H3,(H,20,21). The lowest BCUT2D eigenvalue weighted by molar-refractivity contribution is 0.0483. The van der Waals surface area contributed by atoms with E-state index in [-0.39, 0.29) is 12.1 Å². The highest BCUT2D eigenvalue weighted by Crippen LogP contribution is 2.39. The molecule has 1 saturated heterocycles. The molecule has 0 spiro atoms. The highest BCUT2D eigenvalue weighted by atomic mass is 16.6. The minimum Gasteiger partial charge on any atom is -0.444 e. The number of carbonyl (C=O) groups excluding carboxylic acids is 1. The second-order valence-electron chi connectivity index (χ2n) is 8.44. The van der Waals surface area contributed by atoms with Crippen LogP contribution in [0, 0.1) is 5.92 Å². The summed E-state index contributed by atoms with van der Waals surface area (Å²) in [6, 6.07) is 1.21. The van der Waals surface area contributed by atoms with E-state index in [1.807, 2.05) is 20.8 Å². The molecular formula is C18H32N2O3. The van der Waals surface area contributed by atoms with Crippen LogP contribution in [0.3, 0.4) is 0 Å². The third-order valence-electron chi connectivity index (χ3n) is 5.07. The maximum Gasteiger partial charge on any atom is 0.407 e. The molecule has 0 radical (unpaired) electrons. The van der Waals surface area contributed by atoms with E-state index in [1.54, 1.807) is 0 Å². The second kappa shape index (κ2) is 6.98. The van der Waals surface area contributed by atoms with Gasteiger partial charge in [-0.05, 0) is 71.6 Å². The SMILES string of the molecule is CC(C)(C)OC(=O)NC1CCCC(NC2CCOC2C2CC2)C1. The Bertz CT molecular complexity index is 417. The van der Waals surface area contributed by atoms with E-state index in [1.165, 1.54) is 19.3 Å². The Morgan fingerprint density at radius 2 is 1.83 bits per heavy atom. The zero-order valence-corrected chi connectivity index (χ0v) is 14.8. The predicted octanol–water partition coefficient (Wildman–Crippen LogP) is 2.98. The lowest BCUT2D eigenvalue weighted by atomic mass is 9.90. The molecule has 4 unspecified atom stereocenters. The van der Waals surface area contributed by atoms with Crippen molar-refractivity contribution in [3.63, 3.8) is 0 Å². The van der Waals surface area contributed by atoms with E-state index in [0.29, 0.717) is 18.2 Å². The van der Waals surface area contributed by atoms with Crippen LogP contribution in [-0.4, -0.2) is 42.5 Å². The fraction of sp³-hybridized carbons (Fsp3) is 0.944. The van der Waals surface area contributed by atoms with E-state index in [9.17, 15) is 4.79 Å². The van der Waals surface area contributed by atoms with Crippen LogP contribution in [-0.2, 0) is 9.47 Å². The van der Waals surface area contributed by atoms with E-state index in [2.05, 4.69) is 10.6 Å². The highest BCUT2D eigenvalue weighted by molar-refractivity contribution is 5.68. The minimum atomic E-state index is -0.435. The molecule has 2 aliphatic carbocycles. The molecule has 5 nitrogen and oxygen atoms in total. The second-order valence-corrected chi connectivity index (χ2v) is 8.44. The van der Waals surface area contributed by atoms with Gasteiger partial charge in [-0.2, -0.15) is 0 Å². The van der Waals surface area contributed by atoms with Gasteiger partial charge < -0.3 is 20.1 Å². The van der Waals surface area contributed by atoms with Crippen LogP contribution < -0.4 is 10.6 Å². The summed E-state index contributed by atoms with van der Waals surface area (Å²) in [4.78, 5) is 12.0. The van der Waals surface area contributed by atoms with Crippen molar-refractivity contribution in [2.75, 3.05) is 6.61 Å². The van der Waals surface area contributed by atoms with Crippen molar-refractivity contribution in [2.45, 2.75) is 95.5 Å². The molecule has 3 rings (SSSR count). The number of hydrogen-bond acceptors (Lipinski definition) is 4. The van der Waals surface area contributed by atoms with Crippen LogP contribution >= 0.6 is 0 Å². The normalized spacial score (nSPS) is 35.1. The van der Waals surface area contributed by atoms with Crippen molar-refractivity contribution < 1.29 is 14.3 Å². The molecule has 0 bridgehead atoms. The zero-order valence-electron chi connectivity index (χ0n) is 14.8. The summed E-state index contributed by atoms with van der Waals surface area (Å²) < 4.78 is 11.3. The molecule has 0 aromatic heterocycles. The first-order valence-corrected chi connectivity index (χ1v) is 9.28. The number of carbonyl (C=O) groups is 1. The largest absolute Gasteiger partial charge is 0.444 e. The van der Waals surface area contributed by atoms with Gasteiger partial charge in [-0.15, -0.1) is 0 Å². The lowest BCUT2D eigenvalue weighted by Crippen LogP contribution is -2.50. The monoisotopic (exact) mass is 324 g/mol. The van der Waals surface area contributed by atoms with Crippen molar-refractivity contribution in [1.29, 1.82) is 0 Å². The Kier molecular flexibility index (Phi) is 5.16. The first kappa shape index (κ1) is 17.0. The van der Waals surface area contributed by atoms with Gasteiger partial charge in [0.15, 0.2) is 0 Å². The summed E-state index contributed by atoms with van der Waals surface area (Å²) in [5, 5.41) is 6.87. The van der Waals surface area contributed by atoms with Gasteiger partial charge in [0, 0.05) is 24.7 Å². The van der Waals surface area contributed by atoms with Gasteiger partial charge in [0.1, 0.15) is 5.60 Å². The van der Waals surface area contributed by atoms with Gasteiger partial charge >= 0.3 is 6.09 Å². The van der Waals surface area contributed by atoms with Crippen molar-refractivity contribution in [2.24, 2.45) is 5.92 Å².